The number of fused-ring (bicyclic) bond motifs is 5. The SMILES string of the molecule is c1ccc(-c2cc3n(n2)-c2c(ccc4ccccc24)C3)cc1. The fourth-order valence-electron chi connectivity index (χ4n) is 3.38. The fraction of sp³-hybridized carbons (Fsp3) is 0.0500. The van der Waals surface area contributed by atoms with Gasteiger partial charge in [0.15, 0.2) is 0 Å². The second-order valence-electron chi connectivity index (χ2n) is 5.77. The highest BCUT2D eigenvalue weighted by Crippen LogP contribution is 2.35. The van der Waals surface area contributed by atoms with E-state index in [-0.39, 0.29) is 0 Å². The molecule has 2 nitrogen and oxygen atoms in total. The average molecular weight is 282 g/mol. The lowest BCUT2D eigenvalue weighted by atomic mass is 10.0. The normalized spacial score (nSPS) is 12.4. The molecule has 0 atom stereocenters. The van der Waals surface area contributed by atoms with Gasteiger partial charge in [0, 0.05) is 23.1 Å². The molecule has 1 aromatic heterocycles. The first-order valence-corrected chi connectivity index (χ1v) is 7.55. The molecule has 3 aromatic carbocycles. The van der Waals surface area contributed by atoms with Crippen molar-refractivity contribution in [3.63, 3.8) is 0 Å². The molecule has 0 saturated heterocycles. The maximum Gasteiger partial charge on any atom is 0.0930 e. The van der Waals surface area contributed by atoms with Crippen molar-refractivity contribution >= 4 is 10.8 Å². The largest absolute Gasteiger partial charge is 0.236 e. The second kappa shape index (κ2) is 4.31. The van der Waals surface area contributed by atoms with Gasteiger partial charge in [0.05, 0.1) is 11.4 Å². The highest BCUT2D eigenvalue weighted by Gasteiger charge is 2.22. The maximum absolute atomic E-state index is 4.87. The van der Waals surface area contributed by atoms with Gasteiger partial charge in [0.1, 0.15) is 0 Å². The third-order valence-corrected chi connectivity index (χ3v) is 4.42. The van der Waals surface area contributed by atoms with Crippen LogP contribution in [0.1, 0.15) is 11.3 Å². The van der Waals surface area contributed by atoms with Gasteiger partial charge < -0.3 is 0 Å². The minimum Gasteiger partial charge on any atom is -0.236 e. The smallest absolute Gasteiger partial charge is 0.0930 e. The number of benzene rings is 3. The lowest BCUT2D eigenvalue weighted by Gasteiger charge is -2.06. The summed E-state index contributed by atoms with van der Waals surface area (Å²) in [5, 5.41) is 7.42. The molecule has 104 valence electrons. The predicted molar refractivity (Wildman–Crippen MR) is 89.3 cm³/mol. The van der Waals surface area contributed by atoms with Crippen LogP contribution in [0.3, 0.4) is 0 Å². The topological polar surface area (TPSA) is 17.8 Å². The number of rotatable bonds is 1. The van der Waals surface area contributed by atoms with E-state index in [4.69, 9.17) is 5.10 Å². The molecule has 4 aromatic rings. The monoisotopic (exact) mass is 282 g/mol. The Morgan fingerprint density at radius 3 is 2.55 bits per heavy atom. The summed E-state index contributed by atoms with van der Waals surface area (Å²) in [6, 6.07) is 25.6. The summed E-state index contributed by atoms with van der Waals surface area (Å²) >= 11 is 0. The Morgan fingerprint density at radius 1 is 0.818 bits per heavy atom. The van der Waals surface area contributed by atoms with Crippen LogP contribution in [0.5, 0.6) is 0 Å². The molecule has 0 N–H and O–H groups in total. The molecule has 0 unspecified atom stereocenters. The number of nitrogens with zero attached hydrogens (tertiary/aromatic N) is 2. The van der Waals surface area contributed by atoms with E-state index in [1.165, 1.54) is 33.3 Å². The zero-order chi connectivity index (χ0) is 14.5. The van der Waals surface area contributed by atoms with E-state index in [9.17, 15) is 0 Å². The molecule has 0 saturated carbocycles. The third kappa shape index (κ3) is 1.58. The van der Waals surface area contributed by atoms with E-state index in [2.05, 4.69) is 71.4 Å². The molecule has 0 fully saturated rings. The van der Waals surface area contributed by atoms with Gasteiger partial charge in [0.25, 0.3) is 0 Å². The van der Waals surface area contributed by atoms with Crippen LogP contribution in [0.15, 0.2) is 72.8 Å². The average Bonchev–Trinajstić information content (AvgIpc) is 3.13. The van der Waals surface area contributed by atoms with Gasteiger partial charge in [-0.25, -0.2) is 4.68 Å². The molecule has 1 aliphatic heterocycles. The second-order valence-corrected chi connectivity index (χ2v) is 5.77. The van der Waals surface area contributed by atoms with E-state index < -0.39 is 0 Å². The molecule has 1 aliphatic rings. The van der Waals surface area contributed by atoms with Crippen molar-refractivity contribution in [1.82, 2.24) is 9.78 Å². The van der Waals surface area contributed by atoms with Crippen molar-refractivity contribution in [1.29, 1.82) is 0 Å². The van der Waals surface area contributed by atoms with Crippen molar-refractivity contribution < 1.29 is 0 Å². The van der Waals surface area contributed by atoms with Crippen LogP contribution < -0.4 is 0 Å². The van der Waals surface area contributed by atoms with E-state index in [0.29, 0.717) is 0 Å². The van der Waals surface area contributed by atoms with E-state index in [1.807, 2.05) is 6.07 Å². The molecule has 22 heavy (non-hydrogen) atoms. The van der Waals surface area contributed by atoms with Crippen molar-refractivity contribution in [3.05, 3.63) is 84.1 Å². The standard InChI is InChI=1S/C20H14N2/c1-2-7-15(8-3-1)19-13-17-12-16-11-10-14-6-4-5-9-18(14)20(16)22(17)21-19/h1-11,13H,12H2. The van der Waals surface area contributed by atoms with Crippen molar-refractivity contribution in [3.8, 4) is 16.9 Å². The van der Waals surface area contributed by atoms with Crippen molar-refractivity contribution in [2.45, 2.75) is 6.42 Å². The van der Waals surface area contributed by atoms with Gasteiger partial charge in [0.2, 0.25) is 0 Å². The van der Waals surface area contributed by atoms with Crippen LogP contribution in [0, 0.1) is 0 Å². The zero-order valence-corrected chi connectivity index (χ0v) is 12.0. The van der Waals surface area contributed by atoms with Gasteiger partial charge in [-0.3, -0.25) is 0 Å². The summed E-state index contributed by atoms with van der Waals surface area (Å²) in [7, 11) is 0. The molecule has 0 amide bonds. The molecular weight excluding hydrogens is 268 g/mol. The van der Waals surface area contributed by atoms with Gasteiger partial charge in [-0.05, 0) is 17.0 Å². The summed E-state index contributed by atoms with van der Waals surface area (Å²) in [5.74, 6) is 0. The summed E-state index contributed by atoms with van der Waals surface area (Å²) in [4.78, 5) is 0. The zero-order valence-electron chi connectivity index (χ0n) is 12.0. The predicted octanol–water partition coefficient (Wildman–Crippen LogP) is 4.60. The number of hydrogen-bond donors (Lipinski definition) is 0. The summed E-state index contributed by atoms with van der Waals surface area (Å²) in [6.07, 6.45) is 0.958. The van der Waals surface area contributed by atoms with Gasteiger partial charge in [-0.2, -0.15) is 5.10 Å². The van der Waals surface area contributed by atoms with Crippen LogP contribution in [0.4, 0.5) is 0 Å². The molecule has 0 radical (unpaired) electrons. The van der Waals surface area contributed by atoms with Crippen LogP contribution in [0.25, 0.3) is 27.7 Å². The Hall–Kier alpha value is -2.87. The highest BCUT2D eigenvalue weighted by atomic mass is 15.3. The molecule has 0 aliphatic carbocycles. The van der Waals surface area contributed by atoms with Crippen molar-refractivity contribution in [2.75, 3.05) is 0 Å². The molecular formula is C20H14N2. The van der Waals surface area contributed by atoms with E-state index in [0.717, 1.165) is 12.1 Å². The Balaban J connectivity index is 1.76. The Morgan fingerprint density at radius 2 is 1.64 bits per heavy atom. The van der Waals surface area contributed by atoms with Crippen LogP contribution in [-0.2, 0) is 6.42 Å². The van der Waals surface area contributed by atoms with Gasteiger partial charge >= 0.3 is 0 Å². The fourth-order valence-corrected chi connectivity index (χ4v) is 3.38. The van der Waals surface area contributed by atoms with Gasteiger partial charge in [-0.1, -0.05) is 66.7 Å². The first-order valence-electron chi connectivity index (χ1n) is 7.55. The first kappa shape index (κ1) is 11.8. The minimum atomic E-state index is 0.958. The van der Waals surface area contributed by atoms with Crippen molar-refractivity contribution in [2.24, 2.45) is 0 Å². The minimum absolute atomic E-state index is 0.958. The lowest BCUT2D eigenvalue weighted by Crippen LogP contribution is -1.96. The third-order valence-electron chi connectivity index (χ3n) is 4.42. The first-order chi connectivity index (χ1) is 10.9. The quantitative estimate of drug-likeness (QED) is 0.439. The summed E-state index contributed by atoms with van der Waals surface area (Å²) < 4.78 is 2.12. The highest BCUT2D eigenvalue weighted by molar-refractivity contribution is 5.92. The van der Waals surface area contributed by atoms with Crippen LogP contribution in [-0.4, -0.2) is 9.78 Å². The van der Waals surface area contributed by atoms with Crippen LogP contribution >= 0.6 is 0 Å². The number of aromatic nitrogens is 2. The van der Waals surface area contributed by atoms with Gasteiger partial charge in [-0.15, -0.1) is 0 Å². The molecule has 5 rings (SSSR count). The molecule has 0 spiro atoms. The maximum atomic E-state index is 4.87. The number of hydrogen-bond acceptors (Lipinski definition) is 1. The molecule has 2 heteroatoms. The van der Waals surface area contributed by atoms with E-state index >= 15 is 0 Å². The lowest BCUT2D eigenvalue weighted by molar-refractivity contribution is 0.879. The Bertz CT molecular complexity index is 997. The Labute approximate surface area is 128 Å². The molecule has 0 bridgehead atoms. The Kier molecular flexibility index (Phi) is 2.30. The summed E-state index contributed by atoms with van der Waals surface area (Å²) in [5.41, 5.74) is 6.10. The molecule has 2 heterocycles. The van der Waals surface area contributed by atoms with E-state index in [1.54, 1.807) is 0 Å². The summed E-state index contributed by atoms with van der Waals surface area (Å²) in [6.45, 7) is 0. The van der Waals surface area contributed by atoms with Crippen LogP contribution in [0.2, 0.25) is 0 Å².